The molecule has 0 aliphatic rings. The maximum atomic E-state index is 12.3. The van der Waals surface area contributed by atoms with E-state index >= 15 is 0 Å². The molecule has 0 fully saturated rings. The van der Waals surface area contributed by atoms with Gasteiger partial charge in [-0.05, 0) is 24.6 Å². The van der Waals surface area contributed by atoms with Gasteiger partial charge in [0.1, 0.15) is 0 Å². The minimum absolute atomic E-state index is 0.197. The summed E-state index contributed by atoms with van der Waals surface area (Å²) >= 11 is 13.0. The number of hydrogen-bond donors (Lipinski definition) is 2. The molecule has 0 bridgehead atoms. The Morgan fingerprint density at radius 1 is 1.36 bits per heavy atom. The first-order valence-corrected chi connectivity index (χ1v) is 8.11. The number of aromatic nitrogens is 2. The molecule has 1 heterocycles. The quantitative estimate of drug-likeness (QED) is 0.633. The SMILES string of the molecule is CCC(Sc1nccc(=O)[nH]1)C(=O)Nc1ccc(Cl)c(Cl)c1. The van der Waals surface area contributed by atoms with Gasteiger partial charge in [-0.25, -0.2) is 4.98 Å². The molecule has 1 atom stereocenters. The Hall–Kier alpha value is -1.50. The molecule has 2 aromatic rings. The largest absolute Gasteiger partial charge is 0.325 e. The number of carbonyl (C=O) groups excluding carboxylic acids is 1. The zero-order chi connectivity index (χ0) is 16.1. The van der Waals surface area contributed by atoms with Gasteiger partial charge >= 0.3 is 0 Å². The predicted octanol–water partition coefficient (Wildman–Crippen LogP) is 3.59. The molecule has 1 amide bonds. The van der Waals surface area contributed by atoms with Gasteiger partial charge in [0.25, 0.3) is 5.56 Å². The molecule has 1 unspecified atom stereocenters. The van der Waals surface area contributed by atoms with E-state index < -0.39 is 0 Å². The van der Waals surface area contributed by atoms with Crippen molar-refractivity contribution >= 4 is 46.6 Å². The van der Waals surface area contributed by atoms with E-state index in [1.54, 1.807) is 18.2 Å². The number of benzene rings is 1. The van der Waals surface area contributed by atoms with Crippen LogP contribution in [0.4, 0.5) is 5.69 Å². The molecule has 1 aromatic heterocycles. The van der Waals surface area contributed by atoms with Gasteiger partial charge in [0.15, 0.2) is 5.16 Å². The fraction of sp³-hybridized carbons (Fsp3) is 0.214. The number of carbonyl (C=O) groups is 1. The van der Waals surface area contributed by atoms with E-state index in [0.29, 0.717) is 27.3 Å². The summed E-state index contributed by atoms with van der Waals surface area (Å²) in [5, 5.41) is 3.58. The molecule has 0 radical (unpaired) electrons. The summed E-state index contributed by atoms with van der Waals surface area (Å²) in [7, 11) is 0. The highest BCUT2D eigenvalue weighted by atomic mass is 35.5. The molecule has 8 heteroatoms. The van der Waals surface area contributed by atoms with E-state index in [4.69, 9.17) is 23.2 Å². The molecule has 2 rings (SSSR count). The van der Waals surface area contributed by atoms with E-state index in [2.05, 4.69) is 15.3 Å². The highest BCUT2D eigenvalue weighted by Gasteiger charge is 2.19. The highest BCUT2D eigenvalue weighted by Crippen LogP contribution is 2.26. The van der Waals surface area contributed by atoms with Crippen LogP contribution in [0.3, 0.4) is 0 Å². The van der Waals surface area contributed by atoms with Crippen molar-refractivity contribution in [1.29, 1.82) is 0 Å². The molecule has 22 heavy (non-hydrogen) atoms. The fourth-order valence-corrected chi connectivity index (χ4v) is 2.85. The van der Waals surface area contributed by atoms with Crippen LogP contribution in [0.5, 0.6) is 0 Å². The summed E-state index contributed by atoms with van der Waals surface area (Å²) in [4.78, 5) is 30.2. The second-order valence-corrected chi connectivity index (χ2v) is 6.38. The van der Waals surface area contributed by atoms with Crippen molar-refractivity contribution < 1.29 is 4.79 Å². The van der Waals surface area contributed by atoms with E-state index in [1.807, 2.05) is 6.92 Å². The number of nitrogens with zero attached hydrogens (tertiary/aromatic N) is 1. The molecule has 1 aromatic carbocycles. The topological polar surface area (TPSA) is 74.8 Å². The number of aromatic amines is 1. The number of anilines is 1. The third kappa shape index (κ3) is 4.50. The first-order chi connectivity index (χ1) is 10.5. The van der Waals surface area contributed by atoms with E-state index in [0.717, 1.165) is 0 Å². The Labute approximate surface area is 141 Å². The van der Waals surface area contributed by atoms with E-state index in [1.165, 1.54) is 24.0 Å². The lowest BCUT2D eigenvalue weighted by atomic mass is 10.2. The van der Waals surface area contributed by atoms with Crippen molar-refractivity contribution in [3.8, 4) is 0 Å². The van der Waals surface area contributed by atoms with Crippen LogP contribution in [0.25, 0.3) is 0 Å². The summed E-state index contributed by atoms with van der Waals surface area (Å²) in [6, 6.07) is 6.19. The smallest absolute Gasteiger partial charge is 0.251 e. The minimum Gasteiger partial charge on any atom is -0.325 e. The third-order valence-corrected chi connectivity index (χ3v) is 4.75. The van der Waals surface area contributed by atoms with Crippen LogP contribution in [-0.2, 0) is 4.79 Å². The molecule has 0 aliphatic heterocycles. The molecule has 0 saturated heterocycles. The Bertz CT molecular complexity index is 736. The normalized spacial score (nSPS) is 12.0. The summed E-state index contributed by atoms with van der Waals surface area (Å²) in [6.07, 6.45) is 1.99. The van der Waals surface area contributed by atoms with Crippen molar-refractivity contribution in [2.45, 2.75) is 23.8 Å². The fourth-order valence-electron chi connectivity index (χ4n) is 1.67. The van der Waals surface area contributed by atoms with Crippen LogP contribution in [0.1, 0.15) is 13.3 Å². The minimum atomic E-state index is -0.389. The molecule has 0 saturated carbocycles. The number of nitrogens with one attached hydrogen (secondary N) is 2. The lowest BCUT2D eigenvalue weighted by molar-refractivity contribution is -0.115. The number of H-pyrrole nitrogens is 1. The van der Waals surface area contributed by atoms with Crippen LogP contribution < -0.4 is 10.9 Å². The molecule has 0 spiro atoms. The van der Waals surface area contributed by atoms with Crippen molar-refractivity contribution in [3.63, 3.8) is 0 Å². The van der Waals surface area contributed by atoms with Gasteiger partial charge in [-0.3, -0.25) is 9.59 Å². The second-order valence-electron chi connectivity index (χ2n) is 4.37. The van der Waals surface area contributed by atoms with Crippen LogP contribution in [0.2, 0.25) is 10.0 Å². The number of rotatable bonds is 5. The van der Waals surface area contributed by atoms with E-state index in [-0.39, 0.29) is 16.7 Å². The average Bonchev–Trinajstić information content (AvgIpc) is 2.48. The van der Waals surface area contributed by atoms with Gasteiger partial charge in [-0.1, -0.05) is 41.9 Å². The van der Waals surface area contributed by atoms with Gasteiger partial charge < -0.3 is 10.3 Å². The monoisotopic (exact) mass is 357 g/mol. The molecular formula is C14H13Cl2N3O2S. The Morgan fingerprint density at radius 2 is 2.14 bits per heavy atom. The zero-order valence-corrected chi connectivity index (χ0v) is 13.9. The van der Waals surface area contributed by atoms with E-state index in [9.17, 15) is 9.59 Å². The number of thioether (sulfide) groups is 1. The number of amides is 1. The zero-order valence-electron chi connectivity index (χ0n) is 11.6. The summed E-state index contributed by atoms with van der Waals surface area (Å²) in [6.45, 7) is 1.88. The summed E-state index contributed by atoms with van der Waals surface area (Å²) < 4.78 is 0. The Kier molecular flexibility index (Phi) is 5.88. The number of hydrogen-bond acceptors (Lipinski definition) is 4. The second kappa shape index (κ2) is 7.67. The summed E-state index contributed by atoms with van der Waals surface area (Å²) in [5.41, 5.74) is 0.310. The first-order valence-electron chi connectivity index (χ1n) is 6.47. The summed E-state index contributed by atoms with van der Waals surface area (Å²) in [5.74, 6) is -0.197. The third-order valence-electron chi connectivity index (χ3n) is 2.75. The van der Waals surface area contributed by atoms with Gasteiger partial charge in [-0.2, -0.15) is 0 Å². The lowest BCUT2D eigenvalue weighted by Gasteiger charge is -2.14. The molecule has 116 valence electrons. The van der Waals surface area contributed by atoms with Crippen molar-refractivity contribution in [1.82, 2.24) is 9.97 Å². The van der Waals surface area contributed by atoms with Gasteiger partial charge in [-0.15, -0.1) is 0 Å². The van der Waals surface area contributed by atoms with Crippen molar-refractivity contribution in [3.05, 3.63) is 50.9 Å². The molecule has 0 aliphatic carbocycles. The van der Waals surface area contributed by atoms with Gasteiger partial charge in [0, 0.05) is 18.0 Å². The highest BCUT2D eigenvalue weighted by molar-refractivity contribution is 8.00. The molecule has 2 N–H and O–H groups in total. The van der Waals surface area contributed by atoms with Crippen molar-refractivity contribution in [2.75, 3.05) is 5.32 Å². The van der Waals surface area contributed by atoms with Crippen molar-refractivity contribution in [2.24, 2.45) is 0 Å². The average molecular weight is 358 g/mol. The maximum Gasteiger partial charge on any atom is 0.251 e. The molecule has 5 nitrogen and oxygen atoms in total. The van der Waals surface area contributed by atoms with Crippen LogP contribution >= 0.6 is 35.0 Å². The first kappa shape index (κ1) is 16.9. The number of halogens is 2. The molecular weight excluding hydrogens is 345 g/mol. The van der Waals surface area contributed by atoms with Crippen LogP contribution in [-0.4, -0.2) is 21.1 Å². The Morgan fingerprint density at radius 3 is 2.77 bits per heavy atom. The van der Waals surface area contributed by atoms with Gasteiger partial charge in [0.2, 0.25) is 5.91 Å². The lowest BCUT2D eigenvalue weighted by Crippen LogP contribution is -2.25. The van der Waals surface area contributed by atoms with Crippen LogP contribution in [0.15, 0.2) is 40.4 Å². The Balaban J connectivity index is 2.08. The maximum absolute atomic E-state index is 12.3. The van der Waals surface area contributed by atoms with Gasteiger partial charge in [0.05, 0.1) is 15.3 Å². The standard InChI is InChI=1S/C14H13Cl2N3O2S/c1-2-11(22-14-17-6-5-12(20)19-14)13(21)18-8-3-4-9(15)10(16)7-8/h3-7,11H,2H2,1H3,(H,18,21)(H,17,19,20). The predicted molar refractivity (Wildman–Crippen MR) is 89.9 cm³/mol. The van der Waals surface area contributed by atoms with Crippen LogP contribution in [0, 0.1) is 0 Å².